The summed E-state index contributed by atoms with van der Waals surface area (Å²) < 4.78 is 7.21. The molecule has 1 aromatic heterocycles. The maximum atomic E-state index is 12.5. The van der Waals surface area contributed by atoms with Gasteiger partial charge in [-0.25, -0.2) is 4.68 Å². The summed E-state index contributed by atoms with van der Waals surface area (Å²) in [5.41, 5.74) is 6.26. The van der Waals surface area contributed by atoms with E-state index in [0.717, 1.165) is 35.3 Å². The van der Waals surface area contributed by atoms with Gasteiger partial charge in [0.2, 0.25) is 11.1 Å². The van der Waals surface area contributed by atoms with E-state index in [-0.39, 0.29) is 24.3 Å². The number of nitrogens with two attached hydrogens (primary N) is 1. The molecule has 8 heteroatoms. The molecule has 1 atom stereocenters. The van der Waals surface area contributed by atoms with E-state index in [2.05, 4.69) is 39.8 Å². The fourth-order valence-corrected chi connectivity index (χ4v) is 4.87. The minimum Gasteiger partial charge on any atom is -0.486 e. The summed E-state index contributed by atoms with van der Waals surface area (Å²) >= 11 is 1.26. The molecule has 0 saturated carbocycles. The van der Waals surface area contributed by atoms with Gasteiger partial charge in [-0.05, 0) is 86.4 Å². The Morgan fingerprint density at radius 3 is 2.61 bits per heavy atom. The lowest BCUT2D eigenvalue weighted by molar-refractivity contribution is -0.119. The van der Waals surface area contributed by atoms with Crippen molar-refractivity contribution in [1.82, 2.24) is 20.2 Å². The Morgan fingerprint density at radius 2 is 1.85 bits per heavy atom. The van der Waals surface area contributed by atoms with Crippen LogP contribution in [-0.2, 0) is 24.2 Å². The molecular formula is C25H31N5O2S. The van der Waals surface area contributed by atoms with Crippen LogP contribution in [0, 0.1) is 13.8 Å². The van der Waals surface area contributed by atoms with Gasteiger partial charge in [-0.1, -0.05) is 36.0 Å². The number of carbonyl (C=O) groups excluding carboxylic acids is 1. The second-order valence-electron chi connectivity index (χ2n) is 8.69. The van der Waals surface area contributed by atoms with Crippen molar-refractivity contribution in [2.45, 2.75) is 64.3 Å². The summed E-state index contributed by atoms with van der Waals surface area (Å²) in [6.07, 6.45) is 4.79. The molecule has 0 bridgehead atoms. The van der Waals surface area contributed by atoms with Crippen LogP contribution in [0.1, 0.15) is 59.4 Å². The minimum absolute atomic E-state index is 0.0529. The van der Waals surface area contributed by atoms with E-state index in [1.54, 1.807) is 0 Å². The van der Waals surface area contributed by atoms with Gasteiger partial charge in [0.25, 0.3) is 0 Å². The SMILES string of the molecule is Cc1cc(C)cc(OCc2nnc(SCC(=O)NC(C)c3ccc4c(c3)CCCC4)n2N)c1. The number of nitrogens with zero attached hydrogens (tertiary/aromatic N) is 3. The molecule has 0 saturated heterocycles. The molecule has 3 aromatic rings. The zero-order valence-electron chi connectivity index (χ0n) is 19.4. The number of fused-ring (bicyclic) bond motifs is 1. The van der Waals surface area contributed by atoms with Crippen LogP contribution in [0.5, 0.6) is 5.75 Å². The van der Waals surface area contributed by atoms with Gasteiger partial charge in [-0.3, -0.25) is 4.79 Å². The highest BCUT2D eigenvalue weighted by atomic mass is 32.2. The van der Waals surface area contributed by atoms with Gasteiger partial charge < -0.3 is 15.9 Å². The number of thioether (sulfide) groups is 1. The lowest BCUT2D eigenvalue weighted by Crippen LogP contribution is -2.28. The lowest BCUT2D eigenvalue weighted by atomic mass is 9.89. The molecule has 1 heterocycles. The van der Waals surface area contributed by atoms with Gasteiger partial charge in [-0.2, -0.15) is 0 Å². The van der Waals surface area contributed by atoms with Crippen LogP contribution in [0.2, 0.25) is 0 Å². The van der Waals surface area contributed by atoms with Crippen molar-refractivity contribution in [1.29, 1.82) is 0 Å². The third kappa shape index (κ3) is 5.87. The number of amides is 1. The van der Waals surface area contributed by atoms with Gasteiger partial charge in [0, 0.05) is 0 Å². The zero-order chi connectivity index (χ0) is 23.4. The third-order valence-corrected chi connectivity index (χ3v) is 6.82. The van der Waals surface area contributed by atoms with Crippen LogP contribution in [0.3, 0.4) is 0 Å². The topological polar surface area (TPSA) is 95.1 Å². The number of ether oxygens (including phenoxy) is 1. The highest BCUT2D eigenvalue weighted by Crippen LogP contribution is 2.25. The molecule has 1 amide bonds. The Morgan fingerprint density at radius 1 is 1.12 bits per heavy atom. The molecule has 3 N–H and O–H groups in total. The number of carbonyl (C=O) groups is 1. The number of nitrogen functional groups attached to an aromatic ring is 1. The largest absolute Gasteiger partial charge is 0.486 e. The van der Waals surface area contributed by atoms with E-state index in [4.69, 9.17) is 10.6 Å². The number of aryl methyl sites for hydroxylation is 4. The molecule has 7 nitrogen and oxygen atoms in total. The lowest BCUT2D eigenvalue weighted by Gasteiger charge is -2.20. The Labute approximate surface area is 199 Å². The molecule has 2 aromatic carbocycles. The Hall–Kier alpha value is -3.00. The highest BCUT2D eigenvalue weighted by molar-refractivity contribution is 7.99. The molecule has 1 aliphatic rings. The molecule has 0 radical (unpaired) electrons. The Bertz CT molecular complexity index is 1120. The van der Waals surface area contributed by atoms with Crippen molar-refractivity contribution in [3.63, 3.8) is 0 Å². The first-order chi connectivity index (χ1) is 15.9. The maximum Gasteiger partial charge on any atom is 0.230 e. The molecule has 0 fully saturated rings. The van der Waals surface area contributed by atoms with Crippen LogP contribution < -0.4 is 15.9 Å². The highest BCUT2D eigenvalue weighted by Gasteiger charge is 2.16. The van der Waals surface area contributed by atoms with Crippen molar-refractivity contribution in [2.75, 3.05) is 11.6 Å². The van der Waals surface area contributed by atoms with Gasteiger partial charge in [-0.15, -0.1) is 10.2 Å². The smallest absolute Gasteiger partial charge is 0.230 e. The number of hydrogen-bond donors (Lipinski definition) is 2. The third-order valence-electron chi connectivity index (χ3n) is 5.88. The van der Waals surface area contributed by atoms with Crippen LogP contribution >= 0.6 is 11.8 Å². The van der Waals surface area contributed by atoms with Gasteiger partial charge in [0.1, 0.15) is 12.4 Å². The van der Waals surface area contributed by atoms with Crippen molar-refractivity contribution in [2.24, 2.45) is 0 Å². The predicted octanol–water partition coefficient (Wildman–Crippen LogP) is 4.04. The summed E-state index contributed by atoms with van der Waals surface area (Å²) in [6.45, 7) is 6.27. The maximum absolute atomic E-state index is 12.5. The average Bonchev–Trinajstić information content (AvgIpc) is 3.14. The molecule has 4 rings (SSSR count). The van der Waals surface area contributed by atoms with E-state index < -0.39 is 0 Å². The number of hydrogen-bond acceptors (Lipinski definition) is 6. The molecule has 1 aliphatic carbocycles. The summed E-state index contributed by atoms with van der Waals surface area (Å²) in [6, 6.07) is 12.5. The predicted molar refractivity (Wildman–Crippen MR) is 131 cm³/mol. The van der Waals surface area contributed by atoms with E-state index in [1.807, 2.05) is 32.9 Å². The summed E-state index contributed by atoms with van der Waals surface area (Å²) in [5.74, 6) is 7.54. The number of nitrogens with one attached hydrogen (secondary N) is 1. The zero-order valence-corrected chi connectivity index (χ0v) is 20.2. The standard InChI is InChI=1S/C25H31N5O2S/c1-16-10-17(2)12-22(11-16)32-14-23-28-29-25(30(23)26)33-15-24(31)27-18(3)20-9-8-19-6-4-5-7-21(19)13-20/h8-13,18H,4-7,14-15,26H2,1-3H3,(H,27,31). The Balaban J connectivity index is 1.29. The molecule has 1 unspecified atom stereocenters. The van der Waals surface area contributed by atoms with Gasteiger partial charge in [0.15, 0.2) is 5.82 Å². The second kappa shape index (κ2) is 10.3. The number of rotatable bonds is 8. The Kier molecular flexibility index (Phi) is 7.23. The van der Waals surface area contributed by atoms with Crippen LogP contribution in [-0.4, -0.2) is 26.5 Å². The van der Waals surface area contributed by atoms with Crippen molar-refractivity contribution in [3.05, 3.63) is 70.0 Å². The van der Waals surface area contributed by atoms with Crippen LogP contribution in [0.25, 0.3) is 0 Å². The summed E-state index contributed by atoms with van der Waals surface area (Å²) in [5, 5.41) is 11.8. The number of aromatic nitrogens is 3. The van der Waals surface area contributed by atoms with Gasteiger partial charge in [0.05, 0.1) is 11.8 Å². The van der Waals surface area contributed by atoms with Gasteiger partial charge >= 0.3 is 0 Å². The van der Waals surface area contributed by atoms with E-state index in [1.165, 1.54) is 40.4 Å². The molecular weight excluding hydrogens is 434 g/mol. The van der Waals surface area contributed by atoms with E-state index >= 15 is 0 Å². The van der Waals surface area contributed by atoms with Crippen molar-refractivity contribution in [3.8, 4) is 5.75 Å². The quantitative estimate of drug-likeness (QED) is 0.385. The summed E-state index contributed by atoms with van der Waals surface area (Å²) in [4.78, 5) is 12.5. The number of benzene rings is 2. The minimum atomic E-state index is -0.0683. The fraction of sp³-hybridized carbons (Fsp3) is 0.400. The van der Waals surface area contributed by atoms with Crippen molar-refractivity contribution >= 4 is 17.7 Å². The second-order valence-corrected chi connectivity index (χ2v) is 9.64. The molecule has 33 heavy (non-hydrogen) atoms. The molecule has 0 aliphatic heterocycles. The first kappa shape index (κ1) is 23.2. The summed E-state index contributed by atoms with van der Waals surface area (Å²) in [7, 11) is 0. The normalized spacial score (nSPS) is 13.9. The first-order valence-corrected chi connectivity index (χ1v) is 12.3. The van der Waals surface area contributed by atoms with Crippen molar-refractivity contribution < 1.29 is 9.53 Å². The average molecular weight is 466 g/mol. The fourth-order valence-electron chi connectivity index (χ4n) is 4.19. The molecule has 174 valence electrons. The van der Waals surface area contributed by atoms with Crippen LogP contribution in [0.15, 0.2) is 41.6 Å². The van der Waals surface area contributed by atoms with E-state index in [0.29, 0.717) is 11.0 Å². The monoisotopic (exact) mass is 465 g/mol. The molecule has 0 spiro atoms. The van der Waals surface area contributed by atoms with Crippen LogP contribution in [0.4, 0.5) is 0 Å². The first-order valence-electron chi connectivity index (χ1n) is 11.3. The van der Waals surface area contributed by atoms with E-state index in [9.17, 15) is 4.79 Å².